The van der Waals surface area contributed by atoms with Crippen LogP contribution in [0.5, 0.6) is 0 Å². The van der Waals surface area contributed by atoms with E-state index < -0.39 is 53.8 Å². The molecule has 188 valence electrons. The fraction of sp³-hybridized carbons (Fsp3) is 0.440. The van der Waals surface area contributed by atoms with Crippen molar-refractivity contribution in [2.45, 2.75) is 56.8 Å². The molecule has 1 aliphatic heterocycles. The third-order valence-corrected chi connectivity index (χ3v) is 6.82. The highest BCUT2D eigenvalue weighted by molar-refractivity contribution is 6.31. The van der Waals surface area contributed by atoms with E-state index in [9.17, 15) is 15.2 Å². The summed E-state index contributed by atoms with van der Waals surface area (Å²) in [4.78, 5) is 11.1. The number of halogens is 4. The van der Waals surface area contributed by atoms with Crippen LogP contribution < -0.4 is 10.6 Å². The lowest BCUT2D eigenvalue weighted by Crippen LogP contribution is -2.50. The molecule has 0 aromatic heterocycles. The van der Waals surface area contributed by atoms with E-state index in [2.05, 4.69) is 16.7 Å². The number of aliphatic hydroxyl groups is 1. The molecule has 4 N–H and O–H groups in total. The summed E-state index contributed by atoms with van der Waals surface area (Å²) < 4.78 is 30.9. The van der Waals surface area contributed by atoms with E-state index in [-0.39, 0.29) is 26.6 Å². The topological polar surface area (TPSA) is 105 Å². The maximum atomic E-state index is 15.5. The van der Waals surface area contributed by atoms with Gasteiger partial charge in [-0.05, 0) is 35.6 Å². The number of hydrogen-bond acceptors (Lipinski definition) is 5. The van der Waals surface area contributed by atoms with Gasteiger partial charge in [0.05, 0.1) is 23.7 Å². The van der Waals surface area contributed by atoms with Crippen LogP contribution in [0.15, 0.2) is 36.4 Å². The molecule has 1 heterocycles. The number of carboxylic acid groups (broad SMARTS) is 1. The molecule has 0 bridgehead atoms. The van der Waals surface area contributed by atoms with Crippen LogP contribution in [0.3, 0.4) is 0 Å². The molecule has 0 amide bonds. The third kappa shape index (κ3) is 5.45. The minimum absolute atomic E-state index is 0.00140. The standard InChI is InChI=1S/C25H27Cl2F2N3O3/c1-24(2,3)10-18-25(12-30,15-8-7-13(26)9-17(15)28)20(14-5-4-6-16(27)21(14)29)22(32-18)23(35)31-11-19(33)34/h4-9,18,20,22-23,31-32,35H,10-11H2,1-3H3,(H,33,34). The van der Waals surface area contributed by atoms with Crippen LogP contribution in [-0.4, -0.2) is 41.0 Å². The average Bonchev–Trinajstić information content (AvgIpc) is 3.07. The summed E-state index contributed by atoms with van der Waals surface area (Å²) in [5.41, 5.74) is -2.07. The Kier molecular flexibility index (Phi) is 8.09. The zero-order chi connectivity index (χ0) is 26.1. The minimum atomic E-state index is -1.70. The second-order valence-electron chi connectivity index (χ2n) is 9.96. The van der Waals surface area contributed by atoms with Gasteiger partial charge in [0.15, 0.2) is 0 Å². The number of nitrogens with one attached hydrogen (secondary N) is 2. The number of nitrogens with zero attached hydrogens (tertiary/aromatic N) is 1. The fourth-order valence-electron chi connectivity index (χ4n) is 4.97. The molecule has 1 fully saturated rings. The number of aliphatic hydroxyl groups excluding tert-OH is 1. The van der Waals surface area contributed by atoms with Crippen molar-refractivity contribution < 1.29 is 23.8 Å². The van der Waals surface area contributed by atoms with E-state index in [1.54, 1.807) is 0 Å². The molecular formula is C25H27Cl2F2N3O3. The summed E-state index contributed by atoms with van der Waals surface area (Å²) in [5, 5.41) is 36.4. The Morgan fingerprint density at radius 2 is 1.97 bits per heavy atom. The maximum absolute atomic E-state index is 15.5. The van der Waals surface area contributed by atoms with Gasteiger partial charge in [0.1, 0.15) is 23.3 Å². The van der Waals surface area contributed by atoms with Gasteiger partial charge >= 0.3 is 5.97 Å². The van der Waals surface area contributed by atoms with Crippen molar-refractivity contribution >= 4 is 29.2 Å². The number of nitriles is 1. The quantitative estimate of drug-likeness (QED) is 0.394. The molecule has 6 nitrogen and oxygen atoms in total. The average molecular weight is 526 g/mol. The molecule has 1 saturated heterocycles. The molecule has 1 aliphatic rings. The number of carbonyl (C=O) groups is 1. The molecule has 5 atom stereocenters. The molecule has 10 heteroatoms. The van der Waals surface area contributed by atoms with Gasteiger partial charge in [0.2, 0.25) is 0 Å². The summed E-state index contributed by atoms with van der Waals surface area (Å²) in [6, 6.07) is 8.66. The monoisotopic (exact) mass is 525 g/mol. The van der Waals surface area contributed by atoms with Crippen molar-refractivity contribution in [1.82, 2.24) is 10.6 Å². The van der Waals surface area contributed by atoms with Crippen LogP contribution in [0.1, 0.15) is 44.2 Å². The van der Waals surface area contributed by atoms with E-state index >= 15 is 8.78 Å². The summed E-state index contributed by atoms with van der Waals surface area (Å²) >= 11 is 12.1. The minimum Gasteiger partial charge on any atom is -0.480 e. The molecule has 2 aromatic rings. The van der Waals surface area contributed by atoms with Gasteiger partial charge in [0, 0.05) is 22.5 Å². The lowest BCUT2D eigenvalue weighted by molar-refractivity contribution is -0.136. The number of carboxylic acids is 1. The van der Waals surface area contributed by atoms with Gasteiger partial charge in [-0.1, -0.05) is 62.2 Å². The molecule has 5 unspecified atom stereocenters. The first-order valence-corrected chi connectivity index (χ1v) is 11.8. The molecule has 0 aliphatic carbocycles. The molecule has 0 saturated carbocycles. The third-order valence-electron chi connectivity index (χ3n) is 6.29. The highest BCUT2D eigenvalue weighted by Crippen LogP contribution is 2.53. The molecule has 0 radical (unpaired) electrons. The SMILES string of the molecule is CC(C)(C)CC1NC(C(O)NCC(=O)O)C(c2cccc(Cl)c2F)C1(C#N)c1ccc(Cl)cc1F. The van der Waals surface area contributed by atoms with Gasteiger partial charge in [0.25, 0.3) is 0 Å². The van der Waals surface area contributed by atoms with Crippen LogP contribution in [-0.2, 0) is 10.2 Å². The summed E-state index contributed by atoms with van der Waals surface area (Å²) in [5.74, 6) is -3.91. The number of aliphatic carboxylic acids is 1. The van der Waals surface area contributed by atoms with Crippen molar-refractivity contribution in [1.29, 1.82) is 5.26 Å². The Morgan fingerprint density at radius 3 is 2.54 bits per heavy atom. The number of rotatable bonds is 7. The largest absolute Gasteiger partial charge is 0.480 e. The van der Waals surface area contributed by atoms with Gasteiger partial charge in [-0.2, -0.15) is 5.26 Å². The molecular weight excluding hydrogens is 499 g/mol. The van der Waals surface area contributed by atoms with Crippen molar-refractivity contribution in [3.8, 4) is 6.07 Å². The van der Waals surface area contributed by atoms with Crippen LogP contribution in [0.25, 0.3) is 0 Å². The van der Waals surface area contributed by atoms with E-state index in [4.69, 9.17) is 28.3 Å². The highest BCUT2D eigenvalue weighted by Gasteiger charge is 2.60. The van der Waals surface area contributed by atoms with E-state index in [0.29, 0.717) is 6.42 Å². The zero-order valence-electron chi connectivity index (χ0n) is 19.4. The maximum Gasteiger partial charge on any atom is 0.317 e. The van der Waals surface area contributed by atoms with Crippen molar-refractivity contribution in [3.05, 3.63) is 69.2 Å². The van der Waals surface area contributed by atoms with E-state index in [1.165, 1.54) is 30.3 Å². The Hall–Kier alpha value is -2.28. The molecule has 35 heavy (non-hydrogen) atoms. The van der Waals surface area contributed by atoms with Crippen LogP contribution in [0, 0.1) is 28.4 Å². The fourth-order valence-corrected chi connectivity index (χ4v) is 5.31. The van der Waals surface area contributed by atoms with Crippen molar-refractivity contribution in [2.24, 2.45) is 5.41 Å². The van der Waals surface area contributed by atoms with Crippen molar-refractivity contribution in [2.75, 3.05) is 6.54 Å². The van der Waals surface area contributed by atoms with Gasteiger partial charge in [-0.15, -0.1) is 0 Å². The second-order valence-corrected chi connectivity index (χ2v) is 10.8. The zero-order valence-corrected chi connectivity index (χ0v) is 21.0. The van der Waals surface area contributed by atoms with Gasteiger partial charge in [-0.25, -0.2) is 8.78 Å². The summed E-state index contributed by atoms with van der Waals surface area (Å²) in [6.45, 7) is 5.24. The predicted octanol–water partition coefficient (Wildman–Crippen LogP) is 4.59. The first kappa shape index (κ1) is 27.3. The lowest BCUT2D eigenvalue weighted by atomic mass is 9.62. The lowest BCUT2D eigenvalue weighted by Gasteiger charge is -2.38. The predicted molar refractivity (Wildman–Crippen MR) is 129 cm³/mol. The van der Waals surface area contributed by atoms with Crippen LogP contribution >= 0.6 is 23.2 Å². The highest BCUT2D eigenvalue weighted by atomic mass is 35.5. The Morgan fingerprint density at radius 1 is 1.29 bits per heavy atom. The summed E-state index contributed by atoms with van der Waals surface area (Å²) in [6.07, 6.45) is -1.16. The first-order valence-electron chi connectivity index (χ1n) is 11.0. The second kappa shape index (κ2) is 10.4. The van der Waals surface area contributed by atoms with E-state index in [0.717, 1.165) is 6.07 Å². The normalized spacial score (nSPS) is 25.3. The number of hydrogen-bond donors (Lipinski definition) is 4. The Bertz CT molecular complexity index is 1150. The molecule has 0 spiro atoms. The van der Waals surface area contributed by atoms with Gasteiger partial charge in [-0.3, -0.25) is 10.1 Å². The smallest absolute Gasteiger partial charge is 0.317 e. The van der Waals surface area contributed by atoms with Crippen molar-refractivity contribution in [3.63, 3.8) is 0 Å². The Labute approximate surface area is 212 Å². The Balaban J connectivity index is 2.32. The van der Waals surface area contributed by atoms with Gasteiger partial charge < -0.3 is 15.5 Å². The molecule has 2 aromatic carbocycles. The molecule has 3 rings (SSSR count). The summed E-state index contributed by atoms with van der Waals surface area (Å²) in [7, 11) is 0. The number of benzene rings is 2. The van der Waals surface area contributed by atoms with E-state index in [1.807, 2.05) is 20.8 Å². The van der Waals surface area contributed by atoms with Crippen LogP contribution in [0.2, 0.25) is 10.0 Å². The first-order chi connectivity index (χ1) is 16.3. The van der Waals surface area contributed by atoms with Crippen LogP contribution in [0.4, 0.5) is 8.78 Å².